The van der Waals surface area contributed by atoms with Gasteiger partial charge in [0.25, 0.3) is 11.6 Å². The van der Waals surface area contributed by atoms with Crippen molar-refractivity contribution in [3.8, 4) is 0 Å². The summed E-state index contributed by atoms with van der Waals surface area (Å²) in [4.78, 5) is 26.9. The van der Waals surface area contributed by atoms with Crippen LogP contribution in [0.4, 0.5) is 11.4 Å². The number of fused-ring (bicyclic) bond motifs is 1. The van der Waals surface area contributed by atoms with Crippen molar-refractivity contribution in [2.45, 2.75) is 6.92 Å². The molecule has 0 fully saturated rings. The van der Waals surface area contributed by atoms with Gasteiger partial charge in [-0.1, -0.05) is 6.07 Å². The number of carbonyl (C=O) groups excluding carboxylic acids is 1. The van der Waals surface area contributed by atoms with Crippen LogP contribution in [0.5, 0.6) is 0 Å². The van der Waals surface area contributed by atoms with Crippen molar-refractivity contribution in [2.24, 2.45) is 0 Å². The number of aromatic nitrogens is 1. The fraction of sp³-hybridized carbons (Fsp3) is 0.0588. The van der Waals surface area contributed by atoms with Crippen molar-refractivity contribution in [1.29, 1.82) is 0 Å². The number of aryl methyl sites for hydroxylation is 1. The molecule has 0 bridgehead atoms. The summed E-state index contributed by atoms with van der Waals surface area (Å²) in [5, 5.41) is 14.3. The molecule has 0 aliphatic rings. The predicted molar refractivity (Wildman–Crippen MR) is 87.5 cm³/mol. The van der Waals surface area contributed by atoms with Crippen molar-refractivity contribution in [2.75, 3.05) is 5.32 Å². The average Bonchev–Trinajstić information content (AvgIpc) is 2.54. The standard InChI is InChI=1S/C17H13N3O3/c1-11-5-10-14-15(18-11)3-2-4-16(14)19-17(21)12-6-8-13(9-7-12)20(22)23/h2-10H,1H3,(H,19,21). The molecule has 1 aromatic heterocycles. The van der Waals surface area contributed by atoms with E-state index in [0.717, 1.165) is 16.6 Å². The Balaban J connectivity index is 1.89. The average molecular weight is 307 g/mol. The lowest BCUT2D eigenvalue weighted by molar-refractivity contribution is -0.384. The number of nitro benzene ring substituents is 1. The van der Waals surface area contributed by atoms with Crippen LogP contribution in [0.1, 0.15) is 16.1 Å². The van der Waals surface area contributed by atoms with Crippen LogP contribution < -0.4 is 5.32 Å². The van der Waals surface area contributed by atoms with Gasteiger partial charge in [-0.3, -0.25) is 19.9 Å². The number of hydrogen-bond donors (Lipinski definition) is 1. The number of benzene rings is 2. The maximum absolute atomic E-state index is 12.3. The molecule has 0 saturated heterocycles. The third kappa shape index (κ3) is 3.01. The van der Waals surface area contributed by atoms with E-state index in [-0.39, 0.29) is 11.6 Å². The van der Waals surface area contributed by atoms with E-state index < -0.39 is 4.92 Å². The zero-order valence-electron chi connectivity index (χ0n) is 12.3. The summed E-state index contributed by atoms with van der Waals surface area (Å²) in [5.41, 5.74) is 2.65. The third-order valence-electron chi connectivity index (χ3n) is 3.46. The van der Waals surface area contributed by atoms with E-state index in [1.165, 1.54) is 24.3 Å². The molecule has 0 unspecified atom stereocenters. The first kappa shape index (κ1) is 14.6. The molecule has 1 heterocycles. The van der Waals surface area contributed by atoms with Gasteiger partial charge in [0.2, 0.25) is 0 Å². The highest BCUT2D eigenvalue weighted by Crippen LogP contribution is 2.23. The van der Waals surface area contributed by atoms with Gasteiger partial charge in [-0.2, -0.15) is 0 Å². The minimum atomic E-state index is -0.500. The summed E-state index contributed by atoms with van der Waals surface area (Å²) in [7, 11) is 0. The van der Waals surface area contributed by atoms with Crippen LogP contribution in [0, 0.1) is 17.0 Å². The Morgan fingerprint density at radius 1 is 1.09 bits per heavy atom. The minimum Gasteiger partial charge on any atom is -0.321 e. The molecule has 6 heteroatoms. The van der Waals surface area contributed by atoms with E-state index in [2.05, 4.69) is 10.3 Å². The maximum atomic E-state index is 12.3. The van der Waals surface area contributed by atoms with Crippen LogP contribution in [-0.4, -0.2) is 15.8 Å². The molecule has 0 spiro atoms. The predicted octanol–water partition coefficient (Wildman–Crippen LogP) is 3.70. The van der Waals surface area contributed by atoms with E-state index in [9.17, 15) is 14.9 Å². The number of amides is 1. The molecule has 3 aromatic rings. The molecule has 0 radical (unpaired) electrons. The third-order valence-corrected chi connectivity index (χ3v) is 3.46. The molecule has 1 N–H and O–H groups in total. The number of non-ortho nitro benzene ring substituents is 1. The quantitative estimate of drug-likeness (QED) is 0.590. The van der Waals surface area contributed by atoms with Gasteiger partial charge < -0.3 is 5.32 Å². The lowest BCUT2D eigenvalue weighted by atomic mass is 10.1. The molecule has 1 amide bonds. The molecule has 3 rings (SSSR count). The summed E-state index contributed by atoms with van der Waals surface area (Å²) >= 11 is 0. The summed E-state index contributed by atoms with van der Waals surface area (Å²) in [5.74, 6) is -0.326. The van der Waals surface area contributed by atoms with Crippen LogP contribution >= 0.6 is 0 Å². The second-order valence-electron chi connectivity index (χ2n) is 5.08. The summed E-state index contributed by atoms with van der Waals surface area (Å²) < 4.78 is 0. The van der Waals surface area contributed by atoms with Gasteiger partial charge in [-0.05, 0) is 43.3 Å². The van der Waals surface area contributed by atoms with Gasteiger partial charge in [0.1, 0.15) is 0 Å². The smallest absolute Gasteiger partial charge is 0.269 e. The van der Waals surface area contributed by atoms with Gasteiger partial charge >= 0.3 is 0 Å². The van der Waals surface area contributed by atoms with Crippen LogP contribution in [0.15, 0.2) is 54.6 Å². The number of nitrogens with zero attached hydrogens (tertiary/aromatic N) is 2. The largest absolute Gasteiger partial charge is 0.321 e. The SMILES string of the molecule is Cc1ccc2c(NC(=O)c3ccc([N+](=O)[O-])cc3)cccc2n1. The number of nitrogens with one attached hydrogen (secondary N) is 1. The molecule has 0 aliphatic heterocycles. The summed E-state index contributed by atoms with van der Waals surface area (Å²) in [6, 6.07) is 14.8. The highest BCUT2D eigenvalue weighted by Gasteiger charge is 2.11. The second-order valence-corrected chi connectivity index (χ2v) is 5.08. The minimum absolute atomic E-state index is 0.0496. The summed E-state index contributed by atoms with van der Waals surface area (Å²) in [6.45, 7) is 1.90. The van der Waals surface area contributed by atoms with E-state index in [1.54, 1.807) is 6.07 Å². The summed E-state index contributed by atoms with van der Waals surface area (Å²) in [6.07, 6.45) is 0. The maximum Gasteiger partial charge on any atom is 0.269 e. The van der Waals surface area contributed by atoms with Crippen LogP contribution in [-0.2, 0) is 0 Å². The molecule has 114 valence electrons. The highest BCUT2D eigenvalue weighted by molar-refractivity contribution is 6.08. The Labute approximate surface area is 131 Å². The molecule has 0 saturated carbocycles. The van der Waals surface area contributed by atoms with Gasteiger partial charge in [-0.25, -0.2) is 0 Å². The highest BCUT2D eigenvalue weighted by atomic mass is 16.6. The second kappa shape index (κ2) is 5.84. The normalized spacial score (nSPS) is 10.5. The lowest BCUT2D eigenvalue weighted by Crippen LogP contribution is -2.12. The Kier molecular flexibility index (Phi) is 3.72. The fourth-order valence-corrected chi connectivity index (χ4v) is 2.29. The zero-order chi connectivity index (χ0) is 16.4. The first-order valence-electron chi connectivity index (χ1n) is 6.97. The molecular weight excluding hydrogens is 294 g/mol. The Morgan fingerprint density at radius 2 is 1.83 bits per heavy atom. The number of anilines is 1. The first-order chi connectivity index (χ1) is 11.0. The number of carbonyl (C=O) groups is 1. The van der Waals surface area contributed by atoms with Gasteiger partial charge in [0.05, 0.1) is 16.1 Å². The Bertz CT molecular complexity index is 905. The first-order valence-corrected chi connectivity index (χ1v) is 6.97. The Morgan fingerprint density at radius 3 is 2.52 bits per heavy atom. The molecule has 0 atom stereocenters. The van der Waals surface area contributed by atoms with Crippen molar-refractivity contribution < 1.29 is 9.72 Å². The fourth-order valence-electron chi connectivity index (χ4n) is 2.29. The van der Waals surface area contributed by atoms with Crippen molar-refractivity contribution in [3.63, 3.8) is 0 Å². The van der Waals surface area contributed by atoms with E-state index in [0.29, 0.717) is 11.3 Å². The van der Waals surface area contributed by atoms with Crippen molar-refractivity contribution in [3.05, 3.63) is 76.0 Å². The van der Waals surface area contributed by atoms with E-state index in [1.807, 2.05) is 31.2 Å². The lowest BCUT2D eigenvalue weighted by Gasteiger charge is -2.09. The van der Waals surface area contributed by atoms with Gasteiger partial charge in [0, 0.05) is 28.8 Å². The van der Waals surface area contributed by atoms with E-state index in [4.69, 9.17) is 0 Å². The van der Waals surface area contributed by atoms with Crippen LogP contribution in [0.25, 0.3) is 10.9 Å². The Hall–Kier alpha value is -3.28. The van der Waals surface area contributed by atoms with E-state index >= 15 is 0 Å². The van der Waals surface area contributed by atoms with Crippen molar-refractivity contribution in [1.82, 2.24) is 4.98 Å². The topological polar surface area (TPSA) is 85.1 Å². The number of rotatable bonds is 3. The molecule has 23 heavy (non-hydrogen) atoms. The van der Waals surface area contributed by atoms with Crippen molar-refractivity contribution >= 4 is 28.2 Å². The molecule has 2 aromatic carbocycles. The van der Waals surface area contributed by atoms with Gasteiger partial charge in [-0.15, -0.1) is 0 Å². The molecule has 0 aliphatic carbocycles. The monoisotopic (exact) mass is 307 g/mol. The molecule has 6 nitrogen and oxygen atoms in total. The zero-order valence-corrected chi connectivity index (χ0v) is 12.3. The molecular formula is C17H13N3O3. The van der Waals surface area contributed by atoms with Crippen LogP contribution in [0.3, 0.4) is 0 Å². The van der Waals surface area contributed by atoms with Crippen LogP contribution in [0.2, 0.25) is 0 Å². The van der Waals surface area contributed by atoms with Gasteiger partial charge in [0.15, 0.2) is 0 Å². The number of pyridine rings is 1. The number of nitro groups is 1. The number of hydrogen-bond acceptors (Lipinski definition) is 4.